The van der Waals surface area contributed by atoms with E-state index in [0.29, 0.717) is 32.2 Å². The number of carbonyl (C=O) groups excluding carboxylic acids is 1. The quantitative estimate of drug-likeness (QED) is 0.203. The Balaban J connectivity index is 0.00000300. The van der Waals surface area contributed by atoms with Crippen molar-refractivity contribution in [2.75, 3.05) is 26.8 Å². The second-order valence-electron chi connectivity index (χ2n) is 7.51. The highest BCUT2D eigenvalue weighted by Crippen LogP contribution is 2.23. The van der Waals surface area contributed by atoms with Gasteiger partial charge >= 0.3 is 0 Å². The molecule has 0 spiro atoms. The summed E-state index contributed by atoms with van der Waals surface area (Å²) in [4.78, 5) is 16.0. The fraction of sp³-hybridized carbons (Fsp3) is 0.619. The minimum absolute atomic E-state index is 0. The lowest BCUT2D eigenvalue weighted by Crippen LogP contribution is -2.38. The number of ether oxygens (including phenoxy) is 2. The van der Waals surface area contributed by atoms with Crippen LogP contribution in [0, 0.1) is 6.92 Å². The van der Waals surface area contributed by atoms with Crippen molar-refractivity contribution in [3.63, 3.8) is 0 Å². The maximum Gasteiger partial charge on any atom is 0.220 e. The number of aliphatic imine (C=N–C) groups is 1. The summed E-state index contributed by atoms with van der Waals surface area (Å²) < 4.78 is 11.6. The number of nitrogens with zero attached hydrogens (tertiary/aromatic N) is 1. The van der Waals surface area contributed by atoms with E-state index >= 15 is 0 Å². The van der Waals surface area contributed by atoms with E-state index in [1.54, 1.807) is 7.05 Å². The number of benzene rings is 1. The van der Waals surface area contributed by atoms with E-state index in [1.807, 2.05) is 0 Å². The van der Waals surface area contributed by atoms with Crippen molar-refractivity contribution in [1.82, 2.24) is 16.0 Å². The number of hydrogen-bond donors (Lipinski definition) is 3. The third-order valence-electron chi connectivity index (χ3n) is 4.89. The van der Waals surface area contributed by atoms with Crippen LogP contribution in [0.2, 0.25) is 0 Å². The predicted octanol–water partition coefficient (Wildman–Crippen LogP) is 2.50. The van der Waals surface area contributed by atoms with Gasteiger partial charge in [0.25, 0.3) is 0 Å². The number of halogens is 1. The van der Waals surface area contributed by atoms with Gasteiger partial charge in [-0.05, 0) is 37.8 Å². The Kier molecular flexibility index (Phi) is 9.99. The molecule has 1 saturated heterocycles. The maximum atomic E-state index is 11.7. The lowest BCUT2D eigenvalue weighted by atomic mass is 10.1. The molecule has 1 heterocycles. The zero-order valence-corrected chi connectivity index (χ0v) is 19.7. The fourth-order valence-corrected chi connectivity index (χ4v) is 3.09. The molecule has 3 rings (SSSR count). The van der Waals surface area contributed by atoms with Crippen LogP contribution in [-0.2, 0) is 16.1 Å². The average Bonchev–Trinajstić information content (AvgIpc) is 3.34. The number of guanidine groups is 1. The van der Waals surface area contributed by atoms with E-state index in [2.05, 4.69) is 46.1 Å². The molecule has 0 radical (unpaired) electrons. The summed E-state index contributed by atoms with van der Waals surface area (Å²) in [5, 5.41) is 9.60. The molecule has 8 heteroatoms. The van der Waals surface area contributed by atoms with Gasteiger partial charge in [0, 0.05) is 44.6 Å². The Bertz CT molecular complexity index is 689. The van der Waals surface area contributed by atoms with Gasteiger partial charge in [-0.1, -0.05) is 12.1 Å². The number of aryl methyl sites for hydroxylation is 1. The van der Waals surface area contributed by atoms with Crippen LogP contribution in [0.25, 0.3) is 0 Å². The summed E-state index contributed by atoms with van der Waals surface area (Å²) in [7, 11) is 1.75. The Morgan fingerprint density at radius 2 is 2.10 bits per heavy atom. The van der Waals surface area contributed by atoms with Gasteiger partial charge in [-0.25, -0.2) is 0 Å². The first-order chi connectivity index (χ1) is 13.6. The topological polar surface area (TPSA) is 84.0 Å². The Labute approximate surface area is 190 Å². The van der Waals surface area contributed by atoms with Crippen LogP contribution >= 0.6 is 24.0 Å². The summed E-state index contributed by atoms with van der Waals surface area (Å²) in [6, 6.07) is 6.67. The molecule has 1 aromatic carbocycles. The standard InChI is InChI=1S/C21H32N4O3.HI/c1-15-5-6-16(19(12-15)28-18-9-11-27-14-18)13-24-21(22-2)23-10-3-4-20(26)25-17-7-8-17;/h5-6,12,17-18H,3-4,7-11,13-14H2,1-2H3,(H,25,26)(H2,22,23,24);1H. The molecule has 1 atom stereocenters. The van der Waals surface area contributed by atoms with E-state index in [1.165, 1.54) is 5.56 Å². The average molecular weight is 516 g/mol. The second kappa shape index (κ2) is 12.2. The molecule has 2 aliphatic rings. The number of rotatable bonds is 9. The van der Waals surface area contributed by atoms with Gasteiger partial charge in [-0.15, -0.1) is 24.0 Å². The minimum atomic E-state index is 0. The van der Waals surface area contributed by atoms with E-state index < -0.39 is 0 Å². The van der Waals surface area contributed by atoms with E-state index in [4.69, 9.17) is 9.47 Å². The maximum absolute atomic E-state index is 11.7. The molecule has 0 bridgehead atoms. The SMILES string of the molecule is CN=C(NCCCC(=O)NC1CC1)NCc1ccc(C)cc1OC1CCOC1.I. The lowest BCUT2D eigenvalue weighted by Gasteiger charge is -2.18. The number of nitrogens with one attached hydrogen (secondary N) is 3. The molecule has 0 aromatic heterocycles. The van der Waals surface area contributed by atoms with Crippen molar-refractivity contribution < 1.29 is 14.3 Å². The van der Waals surface area contributed by atoms with Crippen LogP contribution in [0.1, 0.15) is 43.2 Å². The highest BCUT2D eigenvalue weighted by molar-refractivity contribution is 14.0. The first-order valence-corrected chi connectivity index (χ1v) is 10.2. The van der Waals surface area contributed by atoms with Crippen molar-refractivity contribution in [1.29, 1.82) is 0 Å². The molecule has 162 valence electrons. The molecule has 29 heavy (non-hydrogen) atoms. The molecule has 1 aromatic rings. The van der Waals surface area contributed by atoms with Gasteiger partial charge in [0.15, 0.2) is 5.96 Å². The molecular weight excluding hydrogens is 483 g/mol. The summed E-state index contributed by atoms with van der Waals surface area (Å²) >= 11 is 0. The lowest BCUT2D eigenvalue weighted by molar-refractivity contribution is -0.121. The van der Waals surface area contributed by atoms with Crippen molar-refractivity contribution >= 4 is 35.8 Å². The predicted molar refractivity (Wildman–Crippen MR) is 125 cm³/mol. The van der Waals surface area contributed by atoms with Gasteiger partial charge in [-0.3, -0.25) is 9.79 Å². The second-order valence-corrected chi connectivity index (χ2v) is 7.51. The first kappa shape index (κ1) is 23.7. The summed E-state index contributed by atoms with van der Waals surface area (Å²) in [6.45, 7) is 4.80. The highest BCUT2D eigenvalue weighted by atomic mass is 127. The van der Waals surface area contributed by atoms with Crippen LogP contribution < -0.4 is 20.7 Å². The van der Waals surface area contributed by atoms with Crippen molar-refractivity contribution in [3.05, 3.63) is 29.3 Å². The van der Waals surface area contributed by atoms with Crippen LogP contribution in [0.15, 0.2) is 23.2 Å². The smallest absolute Gasteiger partial charge is 0.220 e. The highest BCUT2D eigenvalue weighted by Gasteiger charge is 2.22. The molecule has 1 aliphatic carbocycles. The van der Waals surface area contributed by atoms with Crippen LogP contribution in [0.4, 0.5) is 0 Å². The molecule has 1 aliphatic heterocycles. The zero-order chi connectivity index (χ0) is 19.8. The molecule has 1 unspecified atom stereocenters. The zero-order valence-electron chi connectivity index (χ0n) is 17.3. The third kappa shape index (κ3) is 8.38. The van der Waals surface area contributed by atoms with E-state index in [0.717, 1.165) is 49.6 Å². The normalized spacial score (nSPS) is 18.7. The van der Waals surface area contributed by atoms with Crippen molar-refractivity contribution in [2.45, 2.75) is 57.7 Å². The monoisotopic (exact) mass is 516 g/mol. The van der Waals surface area contributed by atoms with Crippen molar-refractivity contribution in [2.24, 2.45) is 4.99 Å². The van der Waals surface area contributed by atoms with Crippen LogP contribution in [0.3, 0.4) is 0 Å². The summed E-state index contributed by atoms with van der Waals surface area (Å²) in [5.74, 6) is 1.76. The number of hydrogen-bond acceptors (Lipinski definition) is 4. The molecule has 1 saturated carbocycles. The summed E-state index contributed by atoms with van der Waals surface area (Å²) in [5.41, 5.74) is 2.26. The third-order valence-corrected chi connectivity index (χ3v) is 4.89. The van der Waals surface area contributed by atoms with Gasteiger partial charge in [0.1, 0.15) is 11.9 Å². The number of amides is 1. The van der Waals surface area contributed by atoms with E-state index in [9.17, 15) is 4.79 Å². The minimum Gasteiger partial charge on any atom is -0.488 e. The fourth-order valence-electron chi connectivity index (χ4n) is 3.09. The Hall–Kier alpha value is -1.55. The molecule has 7 nitrogen and oxygen atoms in total. The molecule has 3 N–H and O–H groups in total. The molecule has 1 amide bonds. The summed E-state index contributed by atoms with van der Waals surface area (Å²) in [6.07, 6.45) is 4.62. The van der Waals surface area contributed by atoms with Gasteiger partial charge in [0.05, 0.1) is 13.2 Å². The van der Waals surface area contributed by atoms with Gasteiger partial charge in [-0.2, -0.15) is 0 Å². The van der Waals surface area contributed by atoms with E-state index in [-0.39, 0.29) is 36.0 Å². The van der Waals surface area contributed by atoms with Crippen molar-refractivity contribution in [3.8, 4) is 5.75 Å². The van der Waals surface area contributed by atoms with Crippen LogP contribution in [-0.4, -0.2) is 50.8 Å². The van der Waals surface area contributed by atoms with Crippen LogP contribution in [0.5, 0.6) is 5.75 Å². The van der Waals surface area contributed by atoms with Gasteiger partial charge in [0.2, 0.25) is 5.91 Å². The number of carbonyl (C=O) groups is 1. The van der Waals surface area contributed by atoms with Gasteiger partial charge < -0.3 is 25.4 Å². The Morgan fingerprint density at radius 3 is 2.79 bits per heavy atom. The largest absolute Gasteiger partial charge is 0.488 e. The Morgan fingerprint density at radius 1 is 1.28 bits per heavy atom. The molecular formula is C21H33IN4O3. The first-order valence-electron chi connectivity index (χ1n) is 10.2. The molecule has 2 fully saturated rings.